The molecule has 0 spiro atoms. The zero-order chi connectivity index (χ0) is 34.9. The lowest BCUT2D eigenvalue weighted by Gasteiger charge is -2.25. The molecule has 1 aromatic heterocycles. The van der Waals surface area contributed by atoms with Crippen molar-refractivity contribution in [3.05, 3.63) is 193 Å². The van der Waals surface area contributed by atoms with Crippen LogP contribution >= 0.6 is 7.14 Å². The summed E-state index contributed by atoms with van der Waals surface area (Å²) in [6.45, 7) is 0. The van der Waals surface area contributed by atoms with E-state index < -0.39 is 7.14 Å². The maximum atomic E-state index is 15.5. The fourth-order valence-corrected chi connectivity index (χ4v) is 10.3. The lowest BCUT2D eigenvalue weighted by molar-refractivity contribution is 0.592. The fraction of sp³-hybridized carbons (Fsp3) is 0.0417. The highest BCUT2D eigenvalue weighted by molar-refractivity contribution is 7.85. The SMILES string of the molecule is O=P(c1ccccc1)(c1ccccc1)c1cccc(-c2c3c(c(-c4nc(-c5ccccc5)cc(-c5ccccc5)n4)c4ccccc24)C=CCC3)c1. The van der Waals surface area contributed by atoms with Crippen molar-refractivity contribution in [1.82, 2.24) is 9.97 Å². The largest absolute Gasteiger partial charge is 0.309 e. The van der Waals surface area contributed by atoms with Crippen LogP contribution in [0.25, 0.3) is 61.9 Å². The van der Waals surface area contributed by atoms with Crippen LogP contribution in [0.1, 0.15) is 17.5 Å². The van der Waals surface area contributed by atoms with Gasteiger partial charge >= 0.3 is 0 Å². The van der Waals surface area contributed by atoms with Crippen LogP contribution in [0, 0.1) is 0 Å². The molecule has 4 heteroatoms. The molecule has 0 radical (unpaired) electrons. The van der Waals surface area contributed by atoms with Gasteiger partial charge in [0.1, 0.15) is 0 Å². The first-order valence-corrected chi connectivity index (χ1v) is 19.5. The van der Waals surface area contributed by atoms with Gasteiger partial charge in [0.25, 0.3) is 0 Å². The molecule has 1 heterocycles. The first kappa shape index (κ1) is 31.8. The van der Waals surface area contributed by atoms with Gasteiger partial charge in [0.15, 0.2) is 13.0 Å². The van der Waals surface area contributed by atoms with Crippen molar-refractivity contribution in [1.29, 1.82) is 0 Å². The van der Waals surface area contributed by atoms with Crippen LogP contribution in [-0.4, -0.2) is 9.97 Å². The van der Waals surface area contributed by atoms with Crippen molar-refractivity contribution in [2.75, 3.05) is 0 Å². The average Bonchev–Trinajstić information content (AvgIpc) is 3.23. The van der Waals surface area contributed by atoms with E-state index in [0.717, 1.165) is 78.7 Å². The molecule has 0 aliphatic heterocycles. The van der Waals surface area contributed by atoms with Gasteiger partial charge in [0, 0.05) is 32.6 Å². The molecule has 52 heavy (non-hydrogen) atoms. The molecule has 3 nitrogen and oxygen atoms in total. The molecule has 248 valence electrons. The summed E-state index contributed by atoms with van der Waals surface area (Å²) in [5.74, 6) is 0.706. The molecule has 0 saturated carbocycles. The van der Waals surface area contributed by atoms with Gasteiger partial charge in [-0.25, -0.2) is 9.97 Å². The van der Waals surface area contributed by atoms with E-state index in [4.69, 9.17) is 9.97 Å². The highest BCUT2D eigenvalue weighted by atomic mass is 31.2. The highest BCUT2D eigenvalue weighted by Crippen LogP contribution is 2.47. The Morgan fingerprint density at radius 1 is 0.462 bits per heavy atom. The number of aromatic nitrogens is 2. The van der Waals surface area contributed by atoms with E-state index in [0.29, 0.717) is 5.82 Å². The van der Waals surface area contributed by atoms with Gasteiger partial charge in [0.2, 0.25) is 0 Å². The molecule has 8 aromatic rings. The number of fused-ring (bicyclic) bond motifs is 2. The Morgan fingerprint density at radius 2 is 0.942 bits per heavy atom. The maximum Gasteiger partial charge on any atom is 0.171 e. The monoisotopic (exact) mass is 686 g/mol. The van der Waals surface area contributed by atoms with Crippen LogP contribution in [0.4, 0.5) is 0 Å². The first-order valence-electron chi connectivity index (χ1n) is 17.8. The molecule has 1 aliphatic rings. The summed E-state index contributed by atoms with van der Waals surface area (Å²) in [6, 6.07) is 59.7. The van der Waals surface area contributed by atoms with Crippen LogP contribution in [-0.2, 0) is 11.0 Å². The fourth-order valence-electron chi connectivity index (χ4n) is 7.61. The summed E-state index contributed by atoms with van der Waals surface area (Å²) < 4.78 is 15.5. The van der Waals surface area contributed by atoms with Gasteiger partial charge in [-0.2, -0.15) is 0 Å². The summed E-state index contributed by atoms with van der Waals surface area (Å²) >= 11 is 0. The quantitative estimate of drug-likeness (QED) is 0.157. The Hall–Kier alpha value is -6.15. The van der Waals surface area contributed by atoms with Crippen molar-refractivity contribution in [2.24, 2.45) is 0 Å². The molecular weight excluding hydrogens is 652 g/mol. The molecule has 0 fully saturated rings. The van der Waals surface area contributed by atoms with Crippen LogP contribution < -0.4 is 15.9 Å². The van der Waals surface area contributed by atoms with Gasteiger partial charge < -0.3 is 4.57 Å². The Balaban J connectivity index is 1.30. The summed E-state index contributed by atoms with van der Waals surface area (Å²) in [7, 11) is -3.17. The average molecular weight is 687 g/mol. The van der Waals surface area contributed by atoms with Crippen LogP contribution in [0.15, 0.2) is 182 Å². The number of hydrogen-bond donors (Lipinski definition) is 0. The lowest BCUT2D eigenvalue weighted by Crippen LogP contribution is -2.25. The summed E-state index contributed by atoms with van der Waals surface area (Å²) in [6.07, 6.45) is 6.33. The summed E-state index contributed by atoms with van der Waals surface area (Å²) in [5, 5.41) is 4.70. The second kappa shape index (κ2) is 13.5. The van der Waals surface area contributed by atoms with Gasteiger partial charge in [-0.3, -0.25) is 0 Å². The van der Waals surface area contributed by atoms with Gasteiger partial charge in [-0.15, -0.1) is 0 Å². The highest BCUT2D eigenvalue weighted by Gasteiger charge is 2.31. The predicted octanol–water partition coefficient (Wildman–Crippen LogP) is 10.9. The molecule has 0 atom stereocenters. The zero-order valence-electron chi connectivity index (χ0n) is 28.6. The van der Waals surface area contributed by atoms with Crippen molar-refractivity contribution >= 4 is 39.9 Å². The van der Waals surface area contributed by atoms with Crippen LogP contribution in [0.2, 0.25) is 0 Å². The molecule has 0 unspecified atom stereocenters. The summed E-state index contributed by atoms with van der Waals surface area (Å²) in [5.41, 5.74) is 9.54. The first-order chi connectivity index (χ1) is 25.7. The van der Waals surface area contributed by atoms with Crippen LogP contribution in [0.3, 0.4) is 0 Å². The third-order valence-electron chi connectivity index (χ3n) is 10.0. The Kier molecular flexibility index (Phi) is 8.27. The molecule has 9 rings (SSSR count). The summed E-state index contributed by atoms with van der Waals surface area (Å²) in [4.78, 5) is 10.6. The second-order valence-electron chi connectivity index (χ2n) is 13.2. The van der Waals surface area contributed by atoms with Gasteiger partial charge in [-0.05, 0) is 58.0 Å². The molecule has 0 bridgehead atoms. The second-order valence-corrected chi connectivity index (χ2v) is 15.9. The smallest absolute Gasteiger partial charge is 0.171 e. The number of hydrogen-bond acceptors (Lipinski definition) is 3. The lowest BCUT2D eigenvalue weighted by atomic mass is 9.82. The van der Waals surface area contributed by atoms with Crippen molar-refractivity contribution in [2.45, 2.75) is 12.8 Å². The Bertz CT molecular complexity index is 2540. The minimum absolute atomic E-state index is 0.706. The minimum Gasteiger partial charge on any atom is -0.309 e. The zero-order valence-corrected chi connectivity index (χ0v) is 29.5. The van der Waals surface area contributed by atoms with Gasteiger partial charge in [0.05, 0.1) is 11.4 Å². The van der Waals surface area contributed by atoms with E-state index in [1.54, 1.807) is 0 Å². The van der Waals surface area contributed by atoms with Crippen molar-refractivity contribution < 1.29 is 4.57 Å². The normalized spacial score (nSPS) is 12.5. The molecule has 0 N–H and O–H groups in total. The number of allylic oxidation sites excluding steroid dienone is 1. The molecular formula is C48H35N2OP. The van der Waals surface area contributed by atoms with Crippen LogP contribution in [0.5, 0.6) is 0 Å². The topological polar surface area (TPSA) is 42.9 Å². The van der Waals surface area contributed by atoms with Crippen molar-refractivity contribution in [3.63, 3.8) is 0 Å². The van der Waals surface area contributed by atoms with E-state index >= 15 is 4.57 Å². The standard InChI is InChI=1S/C48H35N2OP/c51-52(37-23-9-3-10-24-37,38-25-11-4-12-26-38)39-27-17-22-36(32-39)46-40-28-13-15-30-42(40)47(43-31-16-14-29-41(43)46)48-49-44(34-18-5-1-6-19-34)33-45(50-48)35-20-7-2-8-21-35/h1-13,15-28,30-33H,14,29H2. The van der Waals surface area contributed by atoms with E-state index in [1.807, 2.05) is 78.9 Å². The van der Waals surface area contributed by atoms with E-state index in [2.05, 4.69) is 109 Å². The van der Waals surface area contributed by atoms with Crippen molar-refractivity contribution in [3.8, 4) is 45.0 Å². The number of nitrogens with zero attached hydrogens (tertiary/aromatic N) is 2. The third-order valence-corrected chi connectivity index (χ3v) is 13.1. The number of benzene rings is 7. The maximum absolute atomic E-state index is 15.5. The minimum atomic E-state index is -3.17. The Labute approximate surface area is 304 Å². The molecule has 0 saturated heterocycles. The molecule has 1 aliphatic carbocycles. The Morgan fingerprint density at radius 3 is 1.52 bits per heavy atom. The predicted molar refractivity (Wildman–Crippen MR) is 218 cm³/mol. The molecule has 0 amide bonds. The molecule has 7 aromatic carbocycles. The van der Waals surface area contributed by atoms with E-state index in [1.165, 1.54) is 11.1 Å². The van der Waals surface area contributed by atoms with E-state index in [9.17, 15) is 0 Å². The van der Waals surface area contributed by atoms with E-state index in [-0.39, 0.29) is 0 Å². The van der Waals surface area contributed by atoms with Gasteiger partial charge in [-0.1, -0.05) is 176 Å². The third kappa shape index (κ3) is 5.61. The number of rotatable bonds is 7.